The number of fused-ring (bicyclic) bond motifs is 1. The van der Waals surface area contributed by atoms with Crippen molar-refractivity contribution in [3.8, 4) is 0 Å². The lowest BCUT2D eigenvalue weighted by Gasteiger charge is -2.12. The van der Waals surface area contributed by atoms with E-state index in [0.29, 0.717) is 22.0 Å². The number of nitro groups is 1. The number of aryl methyl sites for hydroxylation is 1. The molecule has 1 aromatic heterocycles. The van der Waals surface area contributed by atoms with Gasteiger partial charge in [-0.15, -0.1) is 0 Å². The van der Waals surface area contributed by atoms with Crippen LogP contribution in [0.4, 0.5) is 10.5 Å². The molecule has 0 N–H and O–H groups in total. The standard InChI is InChI=1S/C26H19N3O6S2/c1-17-6-12-21(13-7-17)37(34,35)28-16-19(22-4-2-3-5-23(22)28)14-24-25(30)27(26(31)36-24)15-18-8-10-20(11-9-18)29(32)33/h2-14,16H,15H2,1H3/b24-14-. The molecule has 0 spiro atoms. The van der Waals surface area contributed by atoms with E-state index < -0.39 is 26.1 Å². The Labute approximate surface area is 216 Å². The monoisotopic (exact) mass is 533 g/mol. The zero-order chi connectivity index (χ0) is 26.3. The molecule has 2 heterocycles. The molecule has 1 saturated heterocycles. The van der Waals surface area contributed by atoms with Gasteiger partial charge in [0.25, 0.3) is 26.9 Å². The van der Waals surface area contributed by atoms with Crippen molar-refractivity contribution in [1.29, 1.82) is 0 Å². The highest BCUT2D eigenvalue weighted by atomic mass is 32.2. The van der Waals surface area contributed by atoms with Crippen molar-refractivity contribution in [2.45, 2.75) is 18.4 Å². The lowest BCUT2D eigenvalue weighted by atomic mass is 10.1. The molecular weight excluding hydrogens is 514 g/mol. The average Bonchev–Trinajstić information content (AvgIpc) is 3.38. The fourth-order valence-electron chi connectivity index (χ4n) is 4.00. The van der Waals surface area contributed by atoms with Gasteiger partial charge in [-0.25, -0.2) is 12.4 Å². The molecule has 0 bridgehead atoms. The Morgan fingerprint density at radius 2 is 1.65 bits per heavy atom. The second-order valence-corrected chi connectivity index (χ2v) is 11.2. The summed E-state index contributed by atoms with van der Waals surface area (Å²) in [6.07, 6.45) is 2.97. The van der Waals surface area contributed by atoms with E-state index in [2.05, 4.69) is 0 Å². The molecule has 11 heteroatoms. The number of nitrogens with zero attached hydrogens (tertiary/aromatic N) is 3. The molecule has 37 heavy (non-hydrogen) atoms. The molecule has 1 aliphatic rings. The molecule has 186 valence electrons. The second-order valence-electron chi connectivity index (χ2n) is 8.41. The predicted molar refractivity (Wildman–Crippen MR) is 140 cm³/mol. The maximum atomic E-state index is 13.4. The van der Waals surface area contributed by atoms with E-state index in [-0.39, 0.29) is 22.0 Å². The van der Waals surface area contributed by atoms with E-state index in [1.807, 2.05) is 6.92 Å². The normalized spacial score (nSPS) is 15.2. The van der Waals surface area contributed by atoms with Gasteiger partial charge in [0.1, 0.15) is 0 Å². The van der Waals surface area contributed by atoms with Crippen molar-refractivity contribution < 1.29 is 22.9 Å². The van der Waals surface area contributed by atoms with Gasteiger partial charge in [-0.05, 0) is 48.5 Å². The van der Waals surface area contributed by atoms with Crippen LogP contribution in [0.1, 0.15) is 16.7 Å². The smallest absolute Gasteiger partial charge is 0.268 e. The molecule has 9 nitrogen and oxygen atoms in total. The average molecular weight is 534 g/mol. The number of benzene rings is 3. The minimum atomic E-state index is -3.91. The summed E-state index contributed by atoms with van der Waals surface area (Å²) in [7, 11) is -3.91. The number of hydrogen-bond donors (Lipinski definition) is 0. The summed E-state index contributed by atoms with van der Waals surface area (Å²) in [5.41, 5.74) is 2.33. The Hall–Kier alpha value is -4.22. The number of imide groups is 1. The minimum Gasteiger partial charge on any atom is -0.268 e. The SMILES string of the molecule is Cc1ccc(S(=O)(=O)n2cc(/C=C3\SC(=O)N(Cc4ccc([N+](=O)[O-])cc4)C3=O)c3ccccc32)cc1. The third kappa shape index (κ3) is 4.54. The maximum Gasteiger partial charge on any atom is 0.293 e. The molecule has 0 unspecified atom stereocenters. The second kappa shape index (κ2) is 9.34. The molecule has 4 aromatic rings. The number of para-hydroxylation sites is 1. The number of rotatable bonds is 6. The number of thioether (sulfide) groups is 1. The van der Waals surface area contributed by atoms with Crippen LogP contribution in [0.2, 0.25) is 0 Å². The molecule has 5 rings (SSSR count). The van der Waals surface area contributed by atoms with Gasteiger partial charge in [-0.2, -0.15) is 0 Å². The largest absolute Gasteiger partial charge is 0.293 e. The highest BCUT2D eigenvalue weighted by molar-refractivity contribution is 8.18. The third-order valence-corrected chi connectivity index (χ3v) is 8.53. The van der Waals surface area contributed by atoms with Gasteiger partial charge >= 0.3 is 0 Å². The summed E-state index contributed by atoms with van der Waals surface area (Å²) in [5.74, 6) is -0.522. The topological polar surface area (TPSA) is 120 Å². The number of aromatic nitrogens is 1. The van der Waals surface area contributed by atoms with E-state index in [0.717, 1.165) is 22.2 Å². The first-order valence-corrected chi connectivity index (χ1v) is 13.3. The van der Waals surface area contributed by atoms with Crippen molar-refractivity contribution in [2.75, 3.05) is 0 Å². The van der Waals surface area contributed by atoms with Gasteiger partial charge in [-0.3, -0.25) is 24.6 Å². The number of amides is 2. The molecular formula is C26H19N3O6S2. The van der Waals surface area contributed by atoms with Crippen molar-refractivity contribution in [1.82, 2.24) is 8.87 Å². The first kappa shape index (κ1) is 24.5. The van der Waals surface area contributed by atoms with Crippen LogP contribution in [0.25, 0.3) is 17.0 Å². The highest BCUT2D eigenvalue weighted by Gasteiger charge is 2.35. The Morgan fingerprint density at radius 1 is 0.973 bits per heavy atom. The van der Waals surface area contributed by atoms with Gasteiger partial charge < -0.3 is 0 Å². The summed E-state index contributed by atoms with van der Waals surface area (Å²) in [6, 6.07) is 19.1. The van der Waals surface area contributed by atoms with E-state index in [4.69, 9.17) is 0 Å². The first-order valence-electron chi connectivity index (χ1n) is 11.1. The highest BCUT2D eigenvalue weighted by Crippen LogP contribution is 2.36. The quantitative estimate of drug-likeness (QED) is 0.187. The maximum absolute atomic E-state index is 13.4. The van der Waals surface area contributed by atoms with Crippen LogP contribution < -0.4 is 0 Å². The Balaban J connectivity index is 1.49. The Kier molecular flexibility index (Phi) is 6.18. The molecule has 3 aromatic carbocycles. The van der Waals surface area contributed by atoms with Crippen LogP contribution in [0.5, 0.6) is 0 Å². The van der Waals surface area contributed by atoms with Crippen LogP contribution in [0, 0.1) is 17.0 Å². The van der Waals surface area contributed by atoms with Gasteiger partial charge in [0.15, 0.2) is 0 Å². The molecule has 0 atom stereocenters. The number of carbonyl (C=O) groups excluding carboxylic acids is 2. The lowest BCUT2D eigenvalue weighted by Crippen LogP contribution is -2.27. The van der Waals surface area contributed by atoms with Crippen molar-refractivity contribution >= 4 is 55.6 Å². The summed E-state index contributed by atoms with van der Waals surface area (Å²) in [5, 5.41) is 11.0. The lowest BCUT2D eigenvalue weighted by molar-refractivity contribution is -0.384. The van der Waals surface area contributed by atoms with E-state index in [1.165, 1.54) is 40.5 Å². The summed E-state index contributed by atoms with van der Waals surface area (Å²) in [4.78, 5) is 37.4. The third-order valence-electron chi connectivity index (χ3n) is 5.93. The number of nitro benzene ring substituents is 1. The van der Waals surface area contributed by atoms with Gasteiger partial charge in [0, 0.05) is 29.3 Å². The molecule has 2 amide bonds. The summed E-state index contributed by atoms with van der Waals surface area (Å²) in [6.45, 7) is 1.83. The fourth-order valence-corrected chi connectivity index (χ4v) is 6.20. The van der Waals surface area contributed by atoms with Crippen molar-refractivity contribution in [2.24, 2.45) is 0 Å². The zero-order valence-electron chi connectivity index (χ0n) is 19.4. The number of non-ortho nitro benzene ring substituents is 1. The van der Waals surface area contributed by atoms with Crippen LogP contribution in [0.3, 0.4) is 0 Å². The first-order chi connectivity index (χ1) is 17.6. The molecule has 1 fully saturated rings. The zero-order valence-corrected chi connectivity index (χ0v) is 21.0. The van der Waals surface area contributed by atoms with Crippen molar-refractivity contribution in [3.05, 3.63) is 111 Å². The Bertz CT molecular complexity index is 1710. The van der Waals surface area contributed by atoms with Crippen molar-refractivity contribution in [3.63, 3.8) is 0 Å². The van der Waals surface area contributed by atoms with Crippen LogP contribution >= 0.6 is 11.8 Å². The Morgan fingerprint density at radius 3 is 2.32 bits per heavy atom. The summed E-state index contributed by atoms with van der Waals surface area (Å²) < 4.78 is 28.0. The molecule has 0 aliphatic carbocycles. The van der Waals surface area contributed by atoms with Gasteiger partial charge in [0.05, 0.1) is 26.8 Å². The van der Waals surface area contributed by atoms with E-state index >= 15 is 0 Å². The van der Waals surface area contributed by atoms with Gasteiger partial charge in [-0.1, -0.05) is 48.0 Å². The van der Waals surface area contributed by atoms with Crippen LogP contribution in [-0.4, -0.2) is 33.4 Å². The summed E-state index contributed by atoms with van der Waals surface area (Å²) >= 11 is 0.759. The van der Waals surface area contributed by atoms with Crippen LogP contribution in [0.15, 0.2) is 88.8 Å². The molecule has 0 saturated carbocycles. The molecule has 1 aliphatic heterocycles. The van der Waals surface area contributed by atoms with Gasteiger partial charge in [0.2, 0.25) is 0 Å². The fraction of sp³-hybridized carbons (Fsp3) is 0.0769. The molecule has 0 radical (unpaired) electrons. The van der Waals surface area contributed by atoms with E-state index in [9.17, 15) is 28.1 Å². The van der Waals surface area contributed by atoms with Crippen LogP contribution in [-0.2, 0) is 21.4 Å². The predicted octanol–water partition coefficient (Wildman–Crippen LogP) is 5.33. The number of hydrogen-bond acceptors (Lipinski definition) is 7. The minimum absolute atomic E-state index is 0.0381. The van der Waals surface area contributed by atoms with E-state index in [1.54, 1.807) is 48.5 Å². The number of carbonyl (C=O) groups is 2.